The predicted molar refractivity (Wildman–Crippen MR) is 382 cm³/mol. The summed E-state index contributed by atoms with van der Waals surface area (Å²) >= 11 is 22.4. The molecule has 0 amide bonds. The van der Waals surface area contributed by atoms with Crippen LogP contribution in [-0.2, 0) is 126 Å². The number of nitrogens with two attached hydrogens (primary N) is 4. The summed E-state index contributed by atoms with van der Waals surface area (Å²) in [4.78, 5) is 141. The number of nitrogens with zero attached hydrogens (tertiary/aromatic N) is 9. The number of rotatable bonds is 36. The lowest BCUT2D eigenvalue weighted by atomic mass is 9.89. The number of H-pyrrole nitrogens is 3. The summed E-state index contributed by atoms with van der Waals surface area (Å²) < 4.78 is 117. The van der Waals surface area contributed by atoms with Gasteiger partial charge in [-0.25, -0.2) is 24.2 Å². The van der Waals surface area contributed by atoms with Crippen molar-refractivity contribution < 1.29 is 93.3 Å². The van der Waals surface area contributed by atoms with Gasteiger partial charge in [-0.15, -0.1) is 0 Å². The number of aromatic nitrogens is 12. The molecule has 0 saturated carbocycles. The summed E-state index contributed by atoms with van der Waals surface area (Å²) in [5, 5.41) is 10.2. The highest BCUT2D eigenvalue weighted by Crippen LogP contribution is 2.57. The van der Waals surface area contributed by atoms with Crippen LogP contribution in [0.15, 0.2) is 82.9 Å². The lowest BCUT2D eigenvalue weighted by Gasteiger charge is -2.35. The summed E-state index contributed by atoms with van der Waals surface area (Å²) in [6.07, 6.45) is -11.6. The molecule has 107 heavy (non-hydrogen) atoms. The highest BCUT2D eigenvalue weighted by molar-refractivity contribution is 8.32. The lowest BCUT2D eigenvalue weighted by Crippen LogP contribution is -2.34. The number of fused-ring (bicyclic) bond motifs is 1. The topological polar surface area (TPSA) is 578 Å². The number of hydrogen-bond donors (Lipinski definition) is 8. The van der Waals surface area contributed by atoms with Gasteiger partial charge < -0.3 is 124 Å². The third-order valence-corrected chi connectivity index (χ3v) is 24.6. The van der Waals surface area contributed by atoms with Crippen molar-refractivity contribution in [3.05, 3.63) is 128 Å². The van der Waals surface area contributed by atoms with Crippen molar-refractivity contribution in [3.63, 3.8) is 0 Å². The number of aromatic amines is 3. The normalized spacial score (nSPS) is 28.3. The van der Waals surface area contributed by atoms with Gasteiger partial charge in [0.25, 0.3) is 16.7 Å². The first-order valence-electron chi connectivity index (χ1n) is 33.0. The standard InChI is InChI=1S/C56H80N16O27P4S4/c1-28(2)30-16-43(68-8-4-40(58)62-53(68)77)92-36(30)23-90-103(107,86-15-14-85-13-12-84-11-7-57)99-34-20-46(71-21-29(3)50(75)67-56(71)80)94-39(34)26-89-102(83,106)98-33-19-47(72-27-61-48-49(72)65-52(60)66-51(48)76)95-38(33)25-88-101(82,105)97-32-18-45(69-9-5-41(59)63-54(69)78)93-37(32)24-87-100(81,104)96-31-17-44(91-35(31)22-73)70-10-6-42(74)64-55(70)79/h4-6,8-10,21,27-28,30-39,43-47,73H,7,11-20,22-26,57H2,1-3H3,(H,81,104)(H,82,105)(H,83,106)(H2,58,62,77)(H2,59,63,78)(H,64,74,79)(H,67,75,80)(H3,60,65,66,76)/p-3/t30?,31?,32?,33?,34?,35-,36-,37-,38-,39-,43-,44-,45-,46-,47-,100?,101?,102?,103?/m1/s1. The maximum Gasteiger partial charge on any atom is 0.351 e. The maximum absolute atomic E-state index is 14.9. The molecule has 5 aliphatic heterocycles. The van der Waals surface area contributed by atoms with Crippen molar-refractivity contribution in [2.24, 2.45) is 17.6 Å². The van der Waals surface area contributed by atoms with Crippen molar-refractivity contribution >= 4 is 103 Å². The van der Waals surface area contributed by atoms with E-state index in [9.17, 15) is 53.0 Å². The fourth-order valence-corrected chi connectivity index (χ4v) is 18.8. The molecule has 0 spiro atoms. The highest BCUT2D eigenvalue weighted by atomic mass is 32.7. The van der Waals surface area contributed by atoms with Gasteiger partial charge in [-0.3, -0.25) is 56.7 Å². The summed E-state index contributed by atoms with van der Waals surface area (Å²) in [7, 11) is 0. The largest absolute Gasteiger partial charge is 0.780 e. The van der Waals surface area contributed by atoms with Crippen molar-refractivity contribution in [1.82, 2.24) is 57.7 Å². The fraction of sp³-hybridized carbons (Fsp3) is 0.625. The van der Waals surface area contributed by atoms with E-state index in [1.807, 2.05) is 13.8 Å². The van der Waals surface area contributed by atoms with Crippen LogP contribution in [0.25, 0.3) is 11.2 Å². The Bertz CT molecular complexity index is 4780. The molecule has 11 rings (SSSR count). The Morgan fingerprint density at radius 1 is 0.589 bits per heavy atom. The molecule has 51 heteroatoms. The zero-order valence-corrected chi connectivity index (χ0v) is 63.8. The van der Waals surface area contributed by atoms with E-state index in [1.54, 1.807) is 0 Å². The van der Waals surface area contributed by atoms with Crippen LogP contribution in [0.1, 0.15) is 82.7 Å². The Morgan fingerprint density at radius 2 is 1.07 bits per heavy atom. The van der Waals surface area contributed by atoms with Gasteiger partial charge in [0.15, 0.2) is 18.0 Å². The molecule has 0 aliphatic carbocycles. The fourth-order valence-electron chi connectivity index (χ4n) is 12.4. The number of nitrogens with one attached hydrogen (secondary N) is 3. The molecule has 11 heterocycles. The number of imidazole rings is 1. The average molecular weight is 1660 g/mol. The van der Waals surface area contributed by atoms with Crippen molar-refractivity contribution in [2.45, 2.75) is 139 Å². The highest BCUT2D eigenvalue weighted by Gasteiger charge is 2.47. The molecule has 12 N–H and O–H groups in total. The summed E-state index contributed by atoms with van der Waals surface area (Å²) in [6.45, 7) is -15.5. The molecule has 0 aromatic carbocycles. The Labute approximate surface area is 625 Å². The van der Waals surface area contributed by atoms with E-state index in [-0.39, 0.29) is 105 Å². The number of nitrogen functional groups attached to an aromatic ring is 3. The van der Waals surface area contributed by atoms with Gasteiger partial charge in [0.1, 0.15) is 80.6 Å². The second kappa shape index (κ2) is 35.5. The Balaban J connectivity index is 0.816. The van der Waals surface area contributed by atoms with Crippen LogP contribution in [0.2, 0.25) is 0 Å². The minimum absolute atomic E-state index is 0.0181. The minimum Gasteiger partial charge on any atom is -0.780 e. The lowest BCUT2D eigenvalue weighted by molar-refractivity contribution is -0.216. The van der Waals surface area contributed by atoms with Crippen molar-refractivity contribution in [1.29, 1.82) is 0 Å². The van der Waals surface area contributed by atoms with Crippen LogP contribution in [0.5, 0.6) is 0 Å². The molecule has 9 unspecified atom stereocenters. The van der Waals surface area contributed by atoms with Gasteiger partial charge in [-0.1, -0.05) is 37.5 Å². The predicted octanol–water partition coefficient (Wildman–Crippen LogP) is -1.84. The molecular formula is C56H77N16O27P4S4-3. The molecule has 5 saturated heterocycles. The van der Waals surface area contributed by atoms with Crippen LogP contribution in [-0.4, -0.2) is 190 Å². The van der Waals surface area contributed by atoms with E-state index in [1.165, 1.54) is 53.1 Å². The minimum atomic E-state index is -4.88. The first kappa shape index (κ1) is 82.6. The molecule has 590 valence electrons. The van der Waals surface area contributed by atoms with Gasteiger partial charge in [0.05, 0.1) is 103 Å². The number of hydrogen-bond acceptors (Lipinski definition) is 39. The van der Waals surface area contributed by atoms with E-state index in [0.717, 1.165) is 26.0 Å². The smallest absolute Gasteiger partial charge is 0.351 e. The monoisotopic (exact) mass is 1660 g/mol. The van der Waals surface area contributed by atoms with Gasteiger partial charge in [-0.2, -0.15) is 15.0 Å². The Morgan fingerprint density at radius 3 is 1.65 bits per heavy atom. The number of anilines is 3. The molecule has 6 aromatic rings. The van der Waals surface area contributed by atoms with Gasteiger partial charge in [-0.05, 0) is 49.1 Å². The van der Waals surface area contributed by atoms with E-state index in [4.69, 9.17) is 144 Å². The van der Waals surface area contributed by atoms with Crippen LogP contribution in [0.4, 0.5) is 17.6 Å². The Hall–Kier alpha value is -5.40. The molecule has 0 radical (unpaired) electrons. The van der Waals surface area contributed by atoms with E-state index in [0.29, 0.717) is 19.6 Å². The SMILES string of the molecule is Cc1cn([C@H]2CC(OP(=S)(OCCOCCOCCN)OC[C@H]3O[C@@H](n4ccc(N)nc4=O)CC3C(C)C)[C@@H](COP([O-])(=S)OC3C[C@H](n4cnc5c(=O)[nH]c(N)nc54)O[C@@H]3COP(=O)([S-])OC3C[C@H](n4ccc(N)nc4=O)O[C@@H]3COP([O-])(=S)OC3C[C@H](n4ccc(=O)[nH]c4=O)O[C@@H]3CO)O2)c(=O)[nH]c1=O. The molecule has 6 aromatic heterocycles. The molecule has 0 bridgehead atoms. The molecule has 19 atom stereocenters. The molecular weight excluding hydrogens is 1580 g/mol. The second-order valence-corrected chi connectivity index (χ2v) is 36.2. The quantitative estimate of drug-likeness (QED) is 0.0122. The summed E-state index contributed by atoms with van der Waals surface area (Å²) in [5.74, 6) is -0.654. The average Bonchev–Trinajstić information content (AvgIpc) is 1.64. The number of aliphatic hydroxyl groups is 1. The first-order chi connectivity index (χ1) is 50.8. The van der Waals surface area contributed by atoms with Crippen LogP contribution >= 0.6 is 27.0 Å². The van der Waals surface area contributed by atoms with Gasteiger partial charge >= 0.3 is 29.5 Å². The molecule has 5 fully saturated rings. The number of ether oxygens (including phenoxy) is 7. The first-order valence-corrected chi connectivity index (χ1v) is 43.3. The zero-order valence-electron chi connectivity index (χ0n) is 57.0. The third kappa shape index (κ3) is 21.0. The van der Waals surface area contributed by atoms with Gasteiger partial charge in [0, 0.05) is 68.6 Å². The molecule has 43 nitrogen and oxygen atoms in total. The van der Waals surface area contributed by atoms with Gasteiger partial charge in [0.2, 0.25) is 5.95 Å². The summed E-state index contributed by atoms with van der Waals surface area (Å²) in [5.41, 5.74) is 17.6. The van der Waals surface area contributed by atoms with E-state index >= 15 is 0 Å². The third-order valence-electron chi connectivity index (χ3n) is 17.5. The summed E-state index contributed by atoms with van der Waals surface area (Å²) in [6, 6.07) is 3.81. The second-order valence-electron chi connectivity index (χ2n) is 25.2. The van der Waals surface area contributed by atoms with Crippen molar-refractivity contribution in [3.8, 4) is 0 Å². The van der Waals surface area contributed by atoms with Crippen LogP contribution < -0.4 is 72.2 Å². The number of aliphatic hydroxyl groups excluding tert-OH is 1. The van der Waals surface area contributed by atoms with Crippen LogP contribution in [0.3, 0.4) is 0 Å². The zero-order chi connectivity index (χ0) is 76.9. The van der Waals surface area contributed by atoms with E-state index in [2.05, 4.69) is 34.9 Å². The van der Waals surface area contributed by atoms with E-state index < -0.39 is 179 Å². The van der Waals surface area contributed by atoms with Crippen molar-refractivity contribution in [2.75, 3.05) is 89.8 Å². The Kier molecular flexibility index (Phi) is 27.4. The van der Waals surface area contributed by atoms with Crippen LogP contribution in [0, 0.1) is 18.8 Å². The number of aryl methyl sites for hydroxylation is 1. The molecule has 5 aliphatic rings. The maximum atomic E-state index is 14.9.